The van der Waals surface area contributed by atoms with Gasteiger partial charge in [0.15, 0.2) is 6.10 Å². The second-order valence-electron chi connectivity index (χ2n) is 29.2. The molecule has 0 rings (SSSR count). The molecule has 0 aliphatic carbocycles. The Morgan fingerprint density at radius 1 is 0.330 bits per heavy atom. The third kappa shape index (κ3) is 78.7. The minimum atomic E-state index is -4.39. The Balaban J connectivity index is 3.91. The monoisotopic (exact) mass is 1340 g/mol. The molecule has 0 spiro atoms. The Morgan fingerprint density at radius 2 is 0.574 bits per heavy atom. The number of unbranched alkanes of at least 4 members (excludes halogenated alkanes) is 53. The second kappa shape index (κ2) is 74.9. The van der Waals surface area contributed by atoms with Crippen LogP contribution >= 0.6 is 7.82 Å². The van der Waals surface area contributed by atoms with Crippen molar-refractivity contribution < 1.29 is 42.1 Å². The summed E-state index contributed by atoms with van der Waals surface area (Å²) in [7, 11) is 1.50. The fourth-order valence-corrected chi connectivity index (χ4v) is 13.0. The zero-order valence-corrected chi connectivity index (χ0v) is 64.1. The van der Waals surface area contributed by atoms with Crippen LogP contribution < -0.4 is 0 Å². The Kier molecular flexibility index (Phi) is 73.1. The molecule has 0 aromatic rings. The summed E-state index contributed by atoms with van der Waals surface area (Å²) in [6.07, 6.45) is 101. The van der Waals surface area contributed by atoms with Crippen molar-refractivity contribution in [3.05, 3.63) is 60.8 Å². The van der Waals surface area contributed by atoms with Crippen LogP contribution in [0.4, 0.5) is 0 Å². The molecule has 9 nitrogen and oxygen atoms in total. The van der Waals surface area contributed by atoms with Gasteiger partial charge in [0.2, 0.25) is 0 Å². The van der Waals surface area contributed by atoms with Crippen molar-refractivity contribution in [1.29, 1.82) is 0 Å². The molecule has 0 saturated heterocycles. The lowest BCUT2D eigenvalue weighted by molar-refractivity contribution is -0.870. The van der Waals surface area contributed by atoms with Gasteiger partial charge in [-0.15, -0.1) is 0 Å². The normalized spacial score (nSPS) is 13.3. The average molecular weight is 1340 g/mol. The van der Waals surface area contributed by atoms with Gasteiger partial charge in [-0.2, -0.15) is 0 Å². The van der Waals surface area contributed by atoms with Gasteiger partial charge in [-0.25, -0.2) is 4.57 Å². The third-order valence-electron chi connectivity index (χ3n) is 18.5. The van der Waals surface area contributed by atoms with Gasteiger partial charge in [0.25, 0.3) is 0 Å². The highest BCUT2D eigenvalue weighted by molar-refractivity contribution is 7.47. The average Bonchev–Trinajstić information content (AvgIpc) is 1.56. The van der Waals surface area contributed by atoms with Crippen LogP contribution in [0.25, 0.3) is 0 Å². The molecule has 0 fully saturated rings. The summed E-state index contributed by atoms with van der Waals surface area (Å²) >= 11 is 0. The molecule has 552 valence electrons. The van der Waals surface area contributed by atoms with Crippen LogP contribution in [-0.2, 0) is 32.7 Å². The van der Waals surface area contributed by atoms with Crippen LogP contribution in [0.2, 0.25) is 0 Å². The van der Waals surface area contributed by atoms with E-state index in [-0.39, 0.29) is 25.6 Å². The number of quaternary nitrogens is 1. The second-order valence-corrected chi connectivity index (χ2v) is 30.6. The van der Waals surface area contributed by atoms with Gasteiger partial charge in [-0.3, -0.25) is 18.6 Å². The van der Waals surface area contributed by atoms with E-state index >= 15 is 0 Å². The highest BCUT2D eigenvalue weighted by Crippen LogP contribution is 2.43. The van der Waals surface area contributed by atoms with Crippen LogP contribution in [0.5, 0.6) is 0 Å². The van der Waals surface area contributed by atoms with E-state index in [0.29, 0.717) is 23.9 Å². The first kappa shape index (κ1) is 91.7. The van der Waals surface area contributed by atoms with Gasteiger partial charge in [0, 0.05) is 12.8 Å². The van der Waals surface area contributed by atoms with Gasteiger partial charge < -0.3 is 18.9 Å². The van der Waals surface area contributed by atoms with E-state index in [1.54, 1.807) is 0 Å². The van der Waals surface area contributed by atoms with Crippen LogP contribution in [0, 0.1) is 0 Å². The summed E-state index contributed by atoms with van der Waals surface area (Å²) in [5.74, 6) is -0.775. The number of allylic oxidation sites excluding steroid dienone is 10. The summed E-state index contributed by atoms with van der Waals surface area (Å²) in [5, 5.41) is 0. The van der Waals surface area contributed by atoms with Crippen molar-refractivity contribution in [1.82, 2.24) is 0 Å². The lowest BCUT2D eigenvalue weighted by Crippen LogP contribution is -2.37. The number of nitrogens with zero attached hydrogens (tertiary/aromatic N) is 1. The largest absolute Gasteiger partial charge is 0.472 e. The number of phosphoric ester groups is 1. The summed E-state index contributed by atoms with van der Waals surface area (Å²) in [5.41, 5.74) is 0. The van der Waals surface area contributed by atoms with E-state index in [4.69, 9.17) is 18.5 Å². The molecule has 10 heteroatoms. The van der Waals surface area contributed by atoms with E-state index < -0.39 is 26.5 Å². The van der Waals surface area contributed by atoms with Gasteiger partial charge in [-0.05, 0) is 83.5 Å². The Morgan fingerprint density at radius 3 is 0.851 bits per heavy atom. The van der Waals surface area contributed by atoms with E-state index in [0.717, 1.165) is 51.4 Å². The van der Waals surface area contributed by atoms with Gasteiger partial charge in [0.1, 0.15) is 19.8 Å². The number of ether oxygens (including phenoxy) is 2. The Labute approximate surface area is 585 Å². The maximum absolute atomic E-state index is 12.9. The Bertz CT molecular complexity index is 1770. The Hall–Kier alpha value is -2.29. The van der Waals surface area contributed by atoms with E-state index in [1.807, 2.05) is 21.1 Å². The topological polar surface area (TPSA) is 108 Å². The predicted octanol–water partition coefficient (Wildman–Crippen LogP) is 27.3. The molecule has 0 radical (unpaired) electrons. The number of rotatable bonds is 77. The van der Waals surface area contributed by atoms with Crippen LogP contribution in [0.3, 0.4) is 0 Å². The number of hydrogen-bond acceptors (Lipinski definition) is 7. The summed E-state index contributed by atoms with van der Waals surface area (Å²) in [6.45, 7) is 4.48. The van der Waals surface area contributed by atoms with Crippen molar-refractivity contribution in [2.24, 2.45) is 0 Å². The maximum Gasteiger partial charge on any atom is 0.472 e. The summed E-state index contributed by atoms with van der Waals surface area (Å²) < 4.78 is 34.8. The smallest absolute Gasteiger partial charge is 0.462 e. The molecule has 0 amide bonds. The van der Waals surface area contributed by atoms with E-state index in [9.17, 15) is 19.0 Å². The summed E-state index contributed by atoms with van der Waals surface area (Å²) in [6, 6.07) is 0. The lowest BCUT2D eigenvalue weighted by atomic mass is 10.0. The first-order valence-corrected chi connectivity index (χ1v) is 42.5. The SMILES string of the molecule is CCCCCCC/C=C\C/C=C\C/C=C\CCCCCCCCCCCCCCCCCCCCC(=O)OC(COC(=O)CCCCCCCCCCCCCCCCCCCCCCCCCCC/C=C\C/C=C\CCCCCCC)COP(=O)(O)OCC[N+](C)(C)C. The van der Waals surface area contributed by atoms with Crippen molar-refractivity contribution >= 4 is 19.8 Å². The van der Waals surface area contributed by atoms with Gasteiger partial charge in [-0.1, -0.05) is 376 Å². The third-order valence-corrected chi connectivity index (χ3v) is 19.5. The molecule has 2 unspecified atom stereocenters. The number of carbonyl (C=O) groups is 2. The minimum Gasteiger partial charge on any atom is -0.462 e. The standard InChI is InChI=1S/C84H158NO8P/c1-6-8-10-12-14-16-18-20-22-24-26-28-30-32-34-36-38-40-41-42-43-45-46-48-50-52-54-56-58-60-62-64-66-68-70-72-74-76-83(86)90-80-82(81-92-94(88,89)91-79-78-85(3,4)5)93-84(87)77-75-73-71-69-67-65-63-61-59-57-55-53-51-49-47-44-39-37-35-33-31-29-27-25-23-21-19-17-15-13-11-9-7-2/h18-21,24-27,31,33,82H,6-17,22-23,28-30,32,34-81H2,1-5H3/p+1/b20-18-,21-19-,26-24-,27-25-,33-31-. The highest BCUT2D eigenvalue weighted by atomic mass is 31.2. The van der Waals surface area contributed by atoms with Gasteiger partial charge >= 0.3 is 19.8 Å². The zero-order chi connectivity index (χ0) is 68.3. The summed E-state index contributed by atoms with van der Waals surface area (Å²) in [4.78, 5) is 36.0. The predicted molar refractivity (Wildman–Crippen MR) is 409 cm³/mol. The zero-order valence-electron chi connectivity index (χ0n) is 63.2. The van der Waals surface area contributed by atoms with E-state index in [2.05, 4.69) is 74.6 Å². The molecule has 2 atom stereocenters. The molecule has 0 heterocycles. The van der Waals surface area contributed by atoms with Crippen LogP contribution in [0.15, 0.2) is 60.8 Å². The molecular formula is C84H159NO8P+. The fraction of sp³-hybridized carbons (Fsp3) is 0.857. The number of carbonyl (C=O) groups excluding carboxylic acids is 2. The molecule has 0 aromatic heterocycles. The van der Waals surface area contributed by atoms with Crippen molar-refractivity contribution in [3.63, 3.8) is 0 Å². The first-order chi connectivity index (χ1) is 46.0. The maximum atomic E-state index is 12.9. The number of likely N-dealkylation sites (N-methyl/N-ethyl adjacent to an activating group) is 1. The number of hydrogen-bond donors (Lipinski definition) is 1. The van der Waals surface area contributed by atoms with Crippen molar-refractivity contribution in [2.75, 3.05) is 47.5 Å². The van der Waals surface area contributed by atoms with Crippen LogP contribution in [-0.4, -0.2) is 74.9 Å². The number of phosphoric acid groups is 1. The quantitative estimate of drug-likeness (QED) is 0.0211. The highest BCUT2D eigenvalue weighted by Gasteiger charge is 2.27. The van der Waals surface area contributed by atoms with Crippen LogP contribution in [0.1, 0.15) is 412 Å². The van der Waals surface area contributed by atoms with Gasteiger partial charge in [0.05, 0.1) is 27.7 Å². The number of esters is 2. The minimum absolute atomic E-state index is 0.0337. The molecule has 0 bridgehead atoms. The molecule has 1 N–H and O–H groups in total. The first-order valence-electron chi connectivity index (χ1n) is 41.0. The van der Waals surface area contributed by atoms with Crippen molar-refractivity contribution in [3.8, 4) is 0 Å². The van der Waals surface area contributed by atoms with Crippen molar-refractivity contribution in [2.45, 2.75) is 418 Å². The molecule has 0 aliphatic heterocycles. The molecule has 0 aromatic carbocycles. The molecule has 0 aliphatic rings. The molecular weight excluding hydrogens is 1180 g/mol. The molecule has 0 saturated carbocycles. The lowest BCUT2D eigenvalue weighted by Gasteiger charge is -2.24. The fourth-order valence-electron chi connectivity index (χ4n) is 12.2. The van der Waals surface area contributed by atoms with E-state index in [1.165, 1.54) is 327 Å². The molecule has 94 heavy (non-hydrogen) atoms.